The summed E-state index contributed by atoms with van der Waals surface area (Å²) < 4.78 is 6.22. The number of benzene rings is 1. The molecule has 0 atom stereocenters. The number of nitrogens with zero attached hydrogens (tertiary/aromatic N) is 1. The molecule has 0 bridgehead atoms. The normalized spacial score (nSPS) is 10.9. The molecule has 0 saturated heterocycles. The number of hydrogen-bond acceptors (Lipinski definition) is 5. The Labute approximate surface area is 116 Å². The van der Waals surface area contributed by atoms with Crippen molar-refractivity contribution in [3.05, 3.63) is 23.8 Å². The standard InChI is InChI=1S/C14H18N2O2S/c1-4-15-14-16-11-6-5-10(7-12(11)19-14)13(17)18-8-9(2)3/h5-7,9H,4,8H2,1-3H3,(H,15,16). The number of anilines is 1. The zero-order valence-electron chi connectivity index (χ0n) is 11.4. The largest absolute Gasteiger partial charge is 0.462 e. The molecule has 0 saturated carbocycles. The van der Waals surface area contributed by atoms with Gasteiger partial charge in [-0.15, -0.1) is 0 Å². The third-order valence-corrected chi connectivity index (χ3v) is 3.48. The van der Waals surface area contributed by atoms with E-state index < -0.39 is 0 Å². The Bertz CT molecular complexity index is 578. The van der Waals surface area contributed by atoms with Gasteiger partial charge in [-0.3, -0.25) is 0 Å². The van der Waals surface area contributed by atoms with Gasteiger partial charge in [0.1, 0.15) is 0 Å². The summed E-state index contributed by atoms with van der Waals surface area (Å²) in [6.45, 7) is 7.34. The smallest absolute Gasteiger partial charge is 0.338 e. The second-order valence-corrected chi connectivity index (χ2v) is 5.75. The van der Waals surface area contributed by atoms with Crippen molar-refractivity contribution >= 4 is 32.7 Å². The molecule has 1 heterocycles. The van der Waals surface area contributed by atoms with Crippen LogP contribution in [0.3, 0.4) is 0 Å². The molecule has 0 unspecified atom stereocenters. The highest BCUT2D eigenvalue weighted by atomic mass is 32.1. The molecule has 0 aliphatic carbocycles. The molecule has 1 N–H and O–H groups in total. The molecule has 19 heavy (non-hydrogen) atoms. The van der Waals surface area contributed by atoms with E-state index in [0.717, 1.165) is 21.9 Å². The molecule has 4 nitrogen and oxygen atoms in total. The van der Waals surface area contributed by atoms with Gasteiger partial charge in [0.05, 0.1) is 22.4 Å². The number of fused-ring (bicyclic) bond motifs is 1. The fraction of sp³-hybridized carbons (Fsp3) is 0.429. The number of esters is 1. The van der Waals surface area contributed by atoms with E-state index in [1.54, 1.807) is 17.4 Å². The van der Waals surface area contributed by atoms with Crippen molar-refractivity contribution in [3.63, 3.8) is 0 Å². The first-order valence-corrected chi connectivity index (χ1v) is 7.23. The van der Waals surface area contributed by atoms with Crippen molar-refractivity contribution in [3.8, 4) is 0 Å². The van der Waals surface area contributed by atoms with Crippen molar-refractivity contribution in [2.75, 3.05) is 18.5 Å². The average molecular weight is 278 g/mol. The van der Waals surface area contributed by atoms with Gasteiger partial charge < -0.3 is 10.1 Å². The molecule has 2 aromatic rings. The van der Waals surface area contributed by atoms with E-state index in [4.69, 9.17) is 4.74 Å². The predicted octanol–water partition coefficient (Wildman–Crippen LogP) is 3.54. The summed E-state index contributed by atoms with van der Waals surface area (Å²) in [5, 5.41) is 4.06. The molecule has 0 aliphatic heterocycles. The maximum atomic E-state index is 11.9. The Kier molecular flexibility index (Phi) is 4.37. The van der Waals surface area contributed by atoms with Crippen LogP contribution >= 0.6 is 11.3 Å². The topological polar surface area (TPSA) is 51.2 Å². The summed E-state index contributed by atoms with van der Waals surface area (Å²) in [4.78, 5) is 16.3. The molecule has 0 aliphatic rings. The van der Waals surface area contributed by atoms with Crippen LogP contribution in [0.1, 0.15) is 31.1 Å². The first-order chi connectivity index (χ1) is 9.10. The molecular formula is C14H18N2O2S. The van der Waals surface area contributed by atoms with Crippen molar-refractivity contribution in [2.45, 2.75) is 20.8 Å². The SMILES string of the molecule is CCNc1nc2ccc(C(=O)OCC(C)C)cc2s1. The Morgan fingerprint density at radius 3 is 2.95 bits per heavy atom. The maximum Gasteiger partial charge on any atom is 0.338 e. The van der Waals surface area contributed by atoms with E-state index in [-0.39, 0.29) is 5.97 Å². The lowest BCUT2D eigenvalue weighted by Crippen LogP contribution is -2.09. The Balaban J connectivity index is 2.18. The van der Waals surface area contributed by atoms with E-state index in [1.165, 1.54) is 0 Å². The number of carbonyl (C=O) groups excluding carboxylic acids is 1. The van der Waals surface area contributed by atoms with Crippen molar-refractivity contribution in [1.82, 2.24) is 4.98 Å². The minimum atomic E-state index is -0.269. The lowest BCUT2D eigenvalue weighted by atomic mass is 10.2. The summed E-state index contributed by atoms with van der Waals surface area (Å²) in [6, 6.07) is 5.47. The van der Waals surface area contributed by atoms with Gasteiger partial charge >= 0.3 is 5.97 Å². The molecule has 2 rings (SSSR count). The van der Waals surface area contributed by atoms with Gasteiger partial charge in [0.25, 0.3) is 0 Å². The van der Waals surface area contributed by atoms with Gasteiger partial charge in [0.2, 0.25) is 0 Å². The van der Waals surface area contributed by atoms with Gasteiger partial charge in [-0.2, -0.15) is 0 Å². The van der Waals surface area contributed by atoms with Gasteiger partial charge in [0, 0.05) is 6.54 Å². The Morgan fingerprint density at radius 2 is 2.26 bits per heavy atom. The number of thiazole rings is 1. The molecule has 0 fully saturated rings. The number of carbonyl (C=O) groups is 1. The summed E-state index contributed by atoms with van der Waals surface area (Å²) in [5.74, 6) is 0.0745. The highest BCUT2D eigenvalue weighted by Crippen LogP contribution is 2.26. The van der Waals surface area contributed by atoms with E-state index in [9.17, 15) is 4.79 Å². The Hall–Kier alpha value is -1.62. The number of rotatable bonds is 5. The van der Waals surface area contributed by atoms with Crippen LogP contribution in [0, 0.1) is 5.92 Å². The van der Waals surface area contributed by atoms with Crippen LogP contribution in [-0.2, 0) is 4.74 Å². The van der Waals surface area contributed by atoms with Crippen LogP contribution in [-0.4, -0.2) is 24.1 Å². The van der Waals surface area contributed by atoms with Crippen LogP contribution in [0.15, 0.2) is 18.2 Å². The molecule has 0 amide bonds. The minimum Gasteiger partial charge on any atom is -0.462 e. The maximum absolute atomic E-state index is 11.9. The second kappa shape index (κ2) is 6.02. The van der Waals surface area contributed by atoms with Gasteiger partial charge in [0.15, 0.2) is 5.13 Å². The third kappa shape index (κ3) is 3.44. The molecular weight excluding hydrogens is 260 g/mol. The number of nitrogens with one attached hydrogen (secondary N) is 1. The molecule has 0 radical (unpaired) electrons. The molecule has 5 heteroatoms. The van der Waals surface area contributed by atoms with Gasteiger partial charge in [-0.25, -0.2) is 9.78 Å². The fourth-order valence-corrected chi connectivity index (χ4v) is 2.58. The van der Waals surface area contributed by atoms with E-state index in [0.29, 0.717) is 18.1 Å². The lowest BCUT2D eigenvalue weighted by Gasteiger charge is -2.06. The molecule has 1 aromatic carbocycles. The van der Waals surface area contributed by atoms with Crippen molar-refractivity contribution in [1.29, 1.82) is 0 Å². The van der Waals surface area contributed by atoms with Crippen molar-refractivity contribution < 1.29 is 9.53 Å². The highest BCUT2D eigenvalue weighted by Gasteiger charge is 2.11. The number of aromatic nitrogens is 1. The Morgan fingerprint density at radius 1 is 1.47 bits per heavy atom. The van der Waals surface area contributed by atoms with Crippen LogP contribution < -0.4 is 5.32 Å². The molecule has 0 spiro atoms. The minimum absolute atomic E-state index is 0.269. The average Bonchev–Trinajstić information content (AvgIpc) is 2.77. The van der Waals surface area contributed by atoms with E-state index in [1.807, 2.05) is 32.9 Å². The number of hydrogen-bond donors (Lipinski definition) is 1. The quantitative estimate of drug-likeness (QED) is 0.850. The van der Waals surface area contributed by atoms with Crippen molar-refractivity contribution in [2.24, 2.45) is 5.92 Å². The number of ether oxygens (including phenoxy) is 1. The third-order valence-electron chi connectivity index (χ3n) is 2.50. The zero-order valence-corrected chi connectivity index (χ0v) is 12.2. The summed E-state index contributed by atoms with van der Waals surface area (Å²) in [5.41, 5.74) is 1.49. The summed E-state index contributed by atoms with van der Waals surface area (Å²) >= 11 is 1.55. The van der Waals surface area contributed by atoms with Gasteiger partial charge in [-0.05, 0) is 31.0 Å². The molecule has 102 valence electrons. The highest BCUT2D eigenvalue weighted by molar-refractivity contribution is 7.22. The first kappa shape index (κ1) is 13.8. The summed E-state index contributed by atoms with van der Waals surface area (Å²) in [6.07, 6.45) is 0. The predicted molar refractivity (Wildman–Crippen MR) is 78.9 cm³/mol. The van der Waals surface area contributed by atoms with E-state index >= 15 is 0 Å². The fourth-order valence-electron chi connectivity index (χ4n) is 1.60. The monoisotopic (exact) mass is 278 g/mol. The summed E-state index contributed by atoms with van der Waals surface area (Å²) in [7, 11) is 0. The van der Waals surface area contributed by atoms with E-state index in [2.05, 4.69) is 10.3 Å². The zero-order chi connectivity index (χ0) is 13.8. The second-order valence-electron chi connectivity index (χ2n) is 4.72. The van der Waals surface area contributed by atoms with Crippen LogP contribution in [0.4, 0.5) is 5.13 Å². The molecule has 1 aromatic heterocycles. The van der Waals surface area contributed by atoms with Gasteiger partial charge in [-0.1, -0.05) is 25.2 Å². The lowest BCUT2D eigenvalue weighted by molar-refractivity contribution is 0.0459. The first-order valence-electron chi connectivity index (χ1n) is 6.41. The van der Waals surface area contributed by atoms with Crippen LogP contribution in [0.5, 0.6) is 0 Å². The van der Waals surface area contributed by atoms with Crippen LogP contribution in [0.25, 0.3) is 10.2 Å². The van der Waals surface area contributed by atoms with Crippen LogP contribution in [0.2, 0.25) is 0 Å².